The molecule has 1 aliphatic rings. The van der Waals surface area contributed by atoms with Gasteiger partial charge in [0.2, 0.25) is 5.91 Å². The maximum Gasteiger partial charge on any atom is 0.220 e. The Bertz CT molecular complexity index is 1480. The number of ether oxygens (including phenoxy) is 2. The quantitative estimate of drug-likeness (QED) is 0.0261. The Morgan fingerprint density at radius 2 is 0.838 bits per heavy atom. The summed E-state index contributed by atoms with van der Waals surface area (Å²) in [6.45, 7) is 3.67. The SMILES string of the molecule is CC/C=C\C/C=C\C/C=C\C/C=C\C/C=C\C/C=C\C/C=C\CCCCCCCCCCCCCCCC(=O)NC(COC1OC(CO)C(O)C(O)C1O)C(O)/C=C/CCCCCCCCCCCCCCCC. The van der Waals surface area contributed by atoms with E-state index in [2.05, 4.69) is 104 Å². The van der Waals surface area contributed by atoms with E-state index in [-0.39, 0.29) is 12.5 Å². The smallest absolute Gasteiger partial charge is 0.220 e. The fourth-order valence-electron chi connectivity index (χ4n) is 9.14. The molecule has 9 nitrogen and oxygen atoms in total. The molecule has 0 aliphatic carbocycles. The van der Waals surface area contributed by atoms with Gasteiger partial charge in [-0.15, -0.1) is 0 Å². The van der Waals surface area contributed by atoms with Crippen LogP contribution in [0.4, 0.5) is 0 Å². The van der Waals surface area contributed by atoms with Crippen LogP contribution in [-0.2, 0) is 14.3 Å². The van der Waals surface area contributed by atoms with Crippen LogP contribution < -0.4 is 5.32 Å². The van der Waals surface area contributed by atoms with Gasteiger partial charge in [0.15, 0.2) is 6.29 Å². The molecular weight excluding hydrogens is 923 g/mol. The average Bonchev–Trinajstić information content (AvgIpc) is 3.40. The molecule has 1 saturated heterocycles. The molecule has 0 aromatic carbocycles. The molecule has 0 saturated carbocycles. The third-order valence-corrected chi connectivity index (χ3v) is 13.9. The molecule has 1 heterocycles. The number of carbonyl (C=O) groups excluding carboxylic acids is 1. The molecule has 6 N–H and O–H groups in total. The number of unbranched alkanes of at least 4 members (excludes halogenated alkanes) is 27. The zero-order valence-corrected chi connectivity index (χ0v) is 47.3. The van der Waals surface area contributed by atoms with Gasteiger partial charge in [0.05, 0.1) is 25.4 Å². The van der Waals surface area contributed by atoms with Gasteiger partial charge in [0.1, 0.15) is 24.4 Å². The number of hydrogen-bond acceptors (Lipinski definition) is 8. The largest absolute Gasteiger partial charge is 0.394 e. The van der Waals surface area contributed by atoms with Crippen LogP contribution in [0.15, 0.2) is 97.2 Å². The molecule has 1 fully saturated rings. The van der Waals surface area contributed by atoms with E-state index in [9.17, 15) is 30.3 Å². The number of rotatable bonds is 51. The number of hydrogen-bond donors (Lipinski definition) is 6. The van der Waals surface area contributed by atoms with Gasteiger partial charge in [-0.05, 0) is 77.0 Å². The summed E-state index contributed by atoms with van der Waals surface area (Å²) >= 11 is 0. The molecular formula is C65H113NO8. The maximum atomic E-state index is 13.1. The van der Waals surface area contributed by atoms with Gasteiger partial charge < -0.3 is 40.3 Å². The molecule has 0 radical (unpaired) electrons. The van der Waals surface area contributed by atoms with E-state index < -0.39 is 49.5 Å². The summed E-state index contributed by atoms with van der Waals surface area (Å²) in [5.74, 6) is -0.180. The fourth-order valence-corrected chi connectivity index (χ4v) is 9.14. The second-order valence-electron chi connectivity index (χ2n) is 20.8. The van der Waals surface area contributed by atoms with Crippen LogP contribution in [0.25, 0.3) is 0 Å². The molecule has 74 heavy (non-hydrogen) atoms. The summed E-state index contributed by atoms with van der Waals surface area (Å²) in [4.78, 5) is 13.1. The summed E-state index contributed by atoms with van der Waals surface area (Å²) in [6.07, 6.45) is 70.5. The highest BCUT2D eigenvalue weighted by molar-refractivity contribution is 5.76. The van der Waals surface area contributed by atoms with Crippen LogP contribution in [0.5, 0.6) is 0 Å². The third-order valence-electron chi connectivity index (χ3n) is 13.9. The Morgan fingerprint density at radius 3 is 1.24 bits per heavy atom. The maximum absolute atomic E-state index is 13.1. The molecule has 1 amide bonds. The molecule has 426 valence electrons. The third kappa shape index (κ3) is 42.2. The summed E-state index contributed by atoms with van der Waals surface area (Å²) in [6, 6.07) is -0.810. The zero-order valence-electron chi connectivity index (χ0n) is 47.3. The molecule has 7 atom stereocenters. The first-order valence-corrected chi connectivity index (χ1v) is 30.5. The van der Waals surface area contributed by atoms with E-state index >= 15 is 0 Å². The minimum absolute atomic E-state index is 0.180. The average molecular weight is 1040 g/mol. The van der Waals surface area contributed by atoms with E-state index in [1.165, 1.54) is 148 Å². The van der Waals surface area contributed by atoms with Gasteiger partial charge in [-0.25, -0.2) is 0 Å². The van der Waals surface area contributed by atoms with Crippen LogP contribution in [0, 0.1) is 0 Å². The minimum atomic E-state index is -1.57. The first-order chi connectivity index (χ1) is 36.3. The van der Waals surface area contributed by atoms with Gasteiger partial charge in [-0.1, -0.05) is 265 Å². The number of nitrogens with one attached hydrogen (secondary N) is 1. The van der Waals surface area contributed by atoms with Gasteiger partial charge in [-0.2, -0.15) is 0 Å². The molecule has 1 rings (SSSR count). The van der Waals surface area contributed by atoms with E-state index in [1.54, 1.807) is 6.08 Å². The van der Waals surface area contributed by atoms with Crippen molar-refractivity contribution in [3.8, 4) is 0 Å². The second kappa shape index (κ2) is 53.5. The van der Waals surface area contributed by atoms with Crippen LogP contribution in [0.2, 0.25) is 0 Å². The van der Waals surface area contributed by atoms with Crippen molar-refractivity contribution in [2.45, 2.75) is 294 Å². The Hall–Kier alpha value is -2.89. The Kier molecular flexibility index (Phi) is 50.0. The highest BCUT2D eigenvalue weighted by Gasteiger charge is 2.44. The van der Waals surface area contributed by atoms with E-state index in [0.29, 0.717) is 6.42 Å². The standard InChI is InChI=1S/C65H113NO8/c1-3-5-7-9-11-13-15-17-19-21-22-23-24-25-26-27-28-29-30-31-32-33-34-35-36-37-38-39-41-43-45-47-49-51-53-55-61(69)66-58(57-73-65-64(72)63(71)62(70)60(56-67)74-65)59(68)54-52-50-48-46-44-42-40-20-18-16-14-12-10-8-6-4-2/h5,7,11,13,17,19,22-23,25-26,28-29,31-32,52,54,58-60,62-65,67-68,70-72H,3-4,6,8-10,12,14-16,18,20-21,24,27,30,33-51,53,55-57H2,1-2H3,(H,66,69)/b7-5-,13-11-,19-17-,23-22-,26-25-,29-28-,32-31-,54-52+. The summed E-state index contributed by atoms with van der Waals surface area (Å²) in [5, 5.41) is 54.5. The van der Waals surface area contributed by atoms with Crippen molar-refractivity contribution in [2.24, 2.45) is 0 Å². The van der Waals surface area contributed by atoms with Crippen molar-refractivity contribution in [2.75, 3.05) is 13.2 Å². The summed E-state index contributed by atoms with van der Waals surface area (Å²) in [5.41, 5.74) is 0. The molecule has 0 bridgehead atoms. The molecule has 7 unspecified atom stereocenters. The van der Waals surface area contributed by atoms with Gasteiger partial charge >= 0.3 is 0 Å². The molecule has 0 aromatic rings. The minimum Gasteiger partial charge on any atom is -0.394 e. The van der Waals surface area contributed by atoms with E-state index in [1.807, 2.05) is 6.08 Å². The number of aliphatic hydroxyl groups excluding tert-OH is 5. The first-order valence-electron chi connectivity index (χ1n) is 30.5. The second-order valence-corrected chi connectivity index (χ2v) is 20.8. The zero-order chi connectivity index (χ0) is 53.6. The number of carbonyl (C=O) groups is 1. The van der Waals surface area contributed by atoms with Crippen molar-refractivity contribution >= 4 is 5.91 Å². The van der Waals surface area contributed by atoms with Crippen LogP contribution in [0.3, 0.4) is 0 Å². The number of allylic oxidation sites excluding steroid dienone is 15. The lowest BCUT2D eigenvalue weighted by atomic mass is 9.99. The lowest BCUT2D eigenvalue weighted by Gasteiger charge is -2.40. The molecule has 0 spiro atoms. The monoisotopic (exact) mass is 1040 g/mol. The van der Waals surface area contributed by atoms with Gasteiger partial charge in [-0.3, -0.25) is 4.79 Å². The number of aliphatic hydroxyl groups is 5. The molecule has 1 aliphatic heterocycles. The fraction of sp³-hybridized carbons (Fsp3) is 0.738. The lowest BCUT2D eigenvalue weighted by Crippen LogP contribution is -2.60. The Balaban J connectivity index is 2.16. The van der Waals surface area contributed by atoms with E-state index in [4.69, 9.17) is 9.47 Å². The number of amides is 1. The Labute approximate surface area is 453 Å². The lowest BCUT2D eigenvalue weighted by molar-refractivity contribution is -0.302. The Morgan fingerprint density at radius 1 is 0.473 bits per heavy atom. The highest BCUT2D eigenvalue weighted by Crippen LogP contribution is 2.23. The van der Waals surface area contributed by atoms with Gasteiger partial charge in [0, 0.05) is 6.42 Å². The topological polar surface area (TPSA) is 149 Å². The van der Waals surface area contributed by atoms with Crippen LogP contribution >= 0.6 is 0 Å². The summed E-state index contributed by atoms with van der Waals surface area (Å²) in [7, 11) is 0. The highest BCUT2D eigenvalue weighted by atomic mass is 16.7. The van der Waals surface area contributed by atoms with E-state index in [0.717, 1.165) is 83.5 Å². The van der Waals surface area contributed by atoms with Crippen molar-refractivity contribution in [1.29, 1.82) is 0 Å². The van der Waals surface area contributed by atoms with Crippen molar-refractivity contribution in [3.63, 3.8) is 0 Å². The predicted molar refractivity (Wildman–Crippen MR) is 313 cm³/mol. The normalized spacial score (nSPS) is 19.7. The van der Waals surface area contributed by atoms with Crippen LogP contribution in [-0.4, -0.2) is 87.5 Å². The molecule has 0 aromatic heterocycles. The van der Waals surface area contributed by atoms with Gasteiger partial charge in [0.25, 0.3) is 0 Å². The van der Waals surface area contributed by atoms with Crippen molar-refractivity contribution in [1.82, 2.24) is 5.32 Å². The first kappa shape index (κ1) is 69.1. The van der Waals surface area contributed by atoms with Crippen LogP contribution in [0.1, 0.15) is 251 Å². The summed E-state index contributed by atoms with van der Waals surface area (Å²) < 4.78 is 11.3. The van der Waals surface area contributed by atoms with Crippen molar-refractivity contribution < 1.29 is 39.8 Å². The van der Waals surface area contributed by atoms with Crippen molar-refractivity contribution in [3.05, 3.63) is 97.2 Å². The predicted octanol–water partition coefficient (Wildman–Crippen LogP) is 15.6. The molecule has 9 heteroatoms.